The second-order valence-electron chi connectivity index (χ2n) is 9.39. The summed E-state index contributed by atoms with van der Waals surface area (Å²) in [6.45, 7) is 3.82. The maximum absolute atomic E-state index is 14.1. The number of nitrogens with one attached hydrogen (secondary N) is 1. The highest BCUT2D eigenvalue weighted by Gasteiger charge is 2.33. The van der Waals surface area contributed by atoms with Crippen molar-refractivity contribution in [3.63, 3.8) is 0 Å². The van der Waals surface area contributed by atoms with Gasteiger partial charge in [-0.3, -0.25) is 13.9 Å². The standard InChI is InChI=1S/C30H35Cl2N3O5S/c1-4-6-17-33-30(37)28(5-2)34(20-22-9-7-12-26(18-22)40-3)29(36)21-35(25-11-8-10-24(32)19-25)41(38,39)27-15-13-23(31)14-16-27/h7-16,18-19,28H,4-6,17,20-21H2,1-3H3,(H,33,37). The molecule has 3 aromatic carbocycles. The average Bonchev–Trinajstić information content (AvgIpc) is 2.96. The van der Waals surface area contributed by atoms with Crippen molar-refractivity contribution in [1.82, 2.24) is 10.2 Å². The number of nitrogens with zero attached hydrogens (tertiary/aromatic N) is 2. The molecule has 8 nitrogen and oxygen atoms in total. The van der Waals surface area contributed by atoms with E-state index in [9.17, 15) is 18.0 Å². The van der Waals surface area contributed by atoms with Crippen molar-refractivity contribution in [2.24, 2.45) is 0 Å². The van der Waals surface area contributed by atoms with E-state index in [0.29, 0.717) is 28.8 Å². The molecule has 0 spiro atoms. The molecule has 0 aliphatic rings. The fourth-order valence-corrected chi connectivity index (χ4v) is 6.00. The lowest BCUT2D eigenvalue weighted by molar-refractivity contribution is -0.140. The Kier molecular flexibility index (Phi) is 11.9. The Balaban J connectivity index is 2.04. The third-order valence-electron chi connectivity index (χ3n) is 6.48. The SMILES string of the molecule is CCCCNC(=O)C(CC)N(Cc1cccc(OC)c1)C(=O)CN(c1cccc(Cl)c1)S(=O)(=O)c1ccc(Cl)cc1. The molecule has 0 bridgehead atoms. The summed E-state index contributed by atoms with van der Waals surface area (Å²) in [5, 5.41) is 3.59. The summed E-state index contributed by atoms with van der Waals surface area (Å²) in [4.78, 5) is 28.7. The first kappa shape index (κ1) is 32.2. The molecule has 220 valence electrons. The van der Waals surface area contributed by atoms with Crippen molar-refractivity contribution in [2.45, 2.75) is 50.6 Å². The van der Waals surface area contributed by atoms with Crippen LogP contribution >= 0.6 is 23.2 Å². The normalized spacial score (nSPS) is 11.9. The topological polar surface area (TPSA) is 96.0 Å². The Morgan fingerprint density at radius 2 is 1.66 bits per heavy atom. The van der Waals surface area contributed by atoms with E-state index in [1.165, 1.54) is 35.2 Å². The molecule has 0 aliphatic heterocycles. The zero-order chi connectivity index (χ0) is 30.0. The maximum atomic E-state index is 14.1. The number of halogens is 2. The quantitative estimate of drug-likeness (QED) is 0.226. The van der Waals surface area contributed by atoms with Gasteiger partial charge in [-0.2, -0.15) is 0 Å². The molecule has 1 N–H and O–H groups in total. The maximum Gasteiger partial charge on any atom is 0.264 e. The van der Waals surface area contributed by atoms with Gasteiger partial charge in [-0.15, -0.1) is 0 Å². The minimum Gasteiger partial charge on any atom is -0.497 e. The van der Waals surface area contributed by atoms with E-state index >= 15 is 0 Å². The predicted octanol–water partition coefficient (Wildman–Crippen LogP) is 5.92. The molecule has 3 rings (SSSR count). The number of ether oxygens (including phenoxy) is 1. The molecule has 0 heterocycles. The zero-order valence-electron chi connectivity index (χ0n) is 23.3. The van der Waals surface area contributed by atoms with Gasteiger partial charge in [0, 0.05) is 23.1 Å². The van der Waals surface area contributed by atoms with Gasteiger partial charge in [0.2, 0.25) is 11.8 Å². The Labute approximate surface area is 252 Å². The van der Waals surface area contributed by atoms with E-state index in [4.69, 9.17) is 27.9 Å². The summed E-state index contributed by atoms with van der Waals surface area (Å²) in [6, 6.07) is 18.3. The molecule has 0 radical (unpaired) electrons. The van der Waals surface area contributed by atoms with Crippen molar-refractivity contribution in [3.8, 4) is 5.75 Å². The molecule has 11 heteroatoms. The van der Waals surface area contributed by atoms with E-state index in [2.05, 4.69) is 5.32 Å². The fraction of sp³-hybridized carbons (Fsp3) is 0.333. The van der Waals surface area contributed by atoms with Crippen LogP contribution in [0.1, 0.15) is 38.7 Å². The van der Waals surface area contributed by atoms with E-state index in [-0.39, 0.29) is 23.0 Å². The summed E-state index contributed by atoms with van der Waals surface area (Å²) in [5.74, 6) is -0.254. The van der Waals surface area contributed by atoms with E-state index in [0.717, 1.165) is 22.7 Å². The first-order valence-corrected chi connectivity index (χ1v) is 15.5. The second kappa shape index (κ2) is 15.1. The van der Waals surface area contributed by atoms with Gasteiger partial charge in [0.25, 0.3) is 10.0 Å². The van der Waals surface area contributed by atoms with Crippen molar-refractivity contribution in [2.75, 3.05) is 24.5 Å². The van der Waals surface area contributed by atoms with Gasteiger partial charge >= 0.3 is 0 Å². The average molecular weight is 621 g/mol. The van der Waals surface area contributed by atoms with Gasteiger partial charge in [-0.05, 0) is 73.0 Å². The van der Waals surface area contributed by atoms with Gasteiger partial charge in [-0.25, -0.2) is 8.42 Å². The Bertz CT molecular complexity index is 1430. The molecule has 3 aromatic rings. The number of hydrogen-bond acceptors (Lipinski definition) is 5. The second-order valence-corrected chi connectivity index (χ2v) is 12.1. The molecule has 0 aliphatic carbocycles. The minimum absolute atomic E-state index is 0.0432. The number of amides is 2. The number of sulfonamides is 1. The molecule has 1 atom stereocenters. The molecule has 1 unspecified atom stereocenters. The Hall–Kier alpha value is -3.27. The Morgan fingerprint density at radius 3 is 2.29 bits per heavy atom. The summed E-state index contributed by atoms with van der Waals surface area (Å²) in [5.41, 5.74) is 0.940. The van der Waals surface area contributed by atoms with Gasteiger partial charge in [-0.1, -0.05) is 61.7 Å². The van der Waals surface area contributed by atoms with Crippen molar-refractivity contribution in [1.29, 1.82) is 0 Å². The third kappa shape index (κ3) is 8.61. The summed E-state index contributed by atoms with van der Waals surface area (Å²) < 4.78 is 34.1. The van der Waals surface area contributed by atoms with Crippen LogP contribution in [-0.2, 0) is 26.2 Å². The van der Waals surface area contributed by atoms with Crippen LogP contribution in [0.25, 0.3) is 0 Å². The molecule has 2 amide bonds. The monoisotopic (exact) mass is 619 g/mol. The molecule has 0 aromatic heterocycles. The predicted molar refractivity (Wildman–Crippen MR) is 163 cm³/mol. The number of rotatable bonds is 14. The van der Waals surface area contributed by atoms with Crippen LogP contribution in [-0.4, -0.2) is 51.4 Å². The molecule has 0 fully saturated rings. The highest BCUT2D eigenvalue weighted by atomic mass is 35.5. The molecular weight excluding hydrogens is 585 g/mol. The largest absolute Gasteiger partial charge is 0.497 e. The number of carbonyl (C=O) groups is 2. The molecule has 41 heavy (non-hydrogen) atoms. The number of benzene rings is 3. The highest BCUT2D eigenvalue weighted by molar-refractivity contribution is 7.92. The number of anilines is 1. The highest BCUT2D eigenvalue weighted by Crippen LogP contribution is 2.28. The van der Waals surface area contributed by atoms with Crippen LogP contribution in [0.4, 0.5) is 5.69 Å². The lowest BCUT2D eigenvalue weighted by Crippen LogP contribution is -2.52. The third-order valence-corrected chi connectivity index (χ3v) is 8.75. The number of methoxy groups -OCH3 is 1. The van der Waals surface area contributed by atoms with Gasteiger partial charge < -0.3 is 15.0 Å². The number of carbonyl (C=O) groups excluding carboxylic acids is 2. The smallest absolute Gasteiger partial charge is 0.264 e. The number of unbranched alkanes of at least 4 members (excludes halogenated alkanes) is 1. The summed E-state index contributed by atoms with van der Waals surface area (Å²) >= 11 is 12.2. The van der Waals surface area contributed by atoms with E-state index in [1.807, 2.05) is 19.9 Å². The Morgan fingerprint density at radius 1 is 0.951 bits per heavy atom. The van der Waals surface area contributed by atoms with Crippen LogP contribution in [0.3, 0.4) is 0 Å². The van der Waals surface area contributed by atoms with Crippen LogP contribution in [0.5, 0.6) is 5.75 Å². The van der Waals surface area contributed by atoms with E-state index in [1.54, 1.807) is 43.5 Å². The van der Waals surface area contributed by atoms with Crippen molar-refractivity contribution >= 4 is 50.7 Å². The van der Waals surface area contributed by atoms with Crippen molar-refractivity contribution in [3.05, 3.63) is 88.4 Å². The van der Waals surface area contributed by atoms with Crippen molar-refractivity contribution < 1.29 is 22.7 Å². The van der Waals surface area contributed by atoms with Crippen LogP contribution in [0, 0.1) is 0 Å². The zero-order valence-corrected chi connectivity index (χ0v) is 25.7. The van der Waals surface area contributed by atoms with E-state index < -0.39 is 28.5 Å². The lowest BCUT2D eigenvalue weighted by atomic mass is 10.1. The lowest BCUT2D eigenvalue weighted by Gasteiger charge is -2.33. The minimum atomic E-state index is -4.22. The molecule has 0 saturated heterocycles. The molecule has 0 saturated carbocycles. The fourth-order valence-electron chi connectivity index (χ4n) is 4.29. The first-order chi connectivity index (χ1) is 19.6. The summed E-state index contributed by atoms with van der Waals surface area (Å²) in [6.07, 6.45) is 2.03. The molecular formula is C30H35Cl2N3O5S. The van der Waals surface area contributed by atoms with Gasteiger partial charge in [0.15, 0.2) is 0 Å². The van der Waals surface area contributed by atoms with Gasteiger partial charge in [0.05, 0.1) is 17.7 Å². The van der Waals surface area contributed by atoms with Crippen LogP contribution in [0.15, 0.2) is 77.7 Å². The number of hydrogen-bond donors (Lipinski definition) is 1. The summed E-state index contributed by atoms with van der Waals surface area (Å²) in [7, 11) is -2.68. The first-order valence-electron chi connectivity index (χ1n) is 13.3. The van der Waals surface area contributed by atoms with Gasteiger partial charge in [0.1, 0.15) is 18.3 Å². The van der Waals surface area contributed by atoms with Crippen LogP contribution in [0.2, 0.25) is 10.0 Å². The van der Waals surface area contributed by atoms with Crippen LogP contribution < -0.4 is 14.4 Å².